The van der Waals surface area contributed by atoms with Gasteiger partial charge in [0.2, 0.25) is 0 Å². The van der Waals surface area contributed by atoms with Gasteiger partial charge in [-0.1, -0.05) is 44.2 Å². The number of alkyl halides is 1. The van der Waals surface area contributed by atoms with Gasteiger partial charge in [-0.3, -0.25) is 4.18 Å². The van der Waals surface area contributed by atoms with Crippen LogP contribution in [0.15, 0.2) is 30.3 Å². The summed E-state index contributed by atoms with van der Waals surface area (Å²) >= 11 is 5.47. The fourth-order valence-electron chi connectivity index (χ4n) is 1.99. The Kier molecular flexibility index (Phi) is 8.15. The van der Waals surface area contributed by atoms with Crippen molar-refractivity contribution in [3.05, 3.63) is 35.9 Å². The number of rotatable bonds is 11. The molecule has 8 heteroatoms. The number of hydrogen-bond donors (Lipinski definition) is 1. The molecule has 0 amide bonds. The lowest BCUT2D eigenvalue weighted by molar-refractivity contribution is -0.162. The van der Waals surface area contributed by atoms with Crippen molar-refractivity contribution in [3.8, 4) is 0 Å². The minimum atomic E-state index is -3.74. The molecular weight excluding hydrogens is 356 g/mol. The van der Waals surface area contributed by atoms with E-state index in [1.807, 2.05) is 30.3 Å². The Labute approximate surface area is 147 Å². The summed E-state index contributed by atoms with van der Waals surface area (Å²) in [6.45, 7) is 3.01. The summed E-state index contributed by atoms with van der Waals surface area (Å²) in [7, 11) is -3.74. The summed E-state index contributed by atoms with van der Waals surface area (Å²) in [5, 5.41) is 9.41. The Balaban J connectivity index is 2.69. The highest BCUT2D eigenvalue weighted by Crippen LogP contribution is 2.26. The molecule has 0 bridgehead atoms. The van der Waals surface area contributed by atoms with Crippen molar-refractivity contribution in [2.45, 2.75) is 33.0 Å². The molecule has 0 fully saturated rings. The highest BCUT2D eigenvalue weighted by Gasteiger charge is 2.38. The van der Waals surface area contributed by atoms with Gasteiger partial charge in [0.1, 0.15) is 0 Å². The van der Waals surface area contributed by atoms with E-state index in [-0.39, 0.29) is 31.3 Å². The van der Waals surface area contributed by atoms with E-state index in [0.717, 1.165) is 5.56 Å². The van der Waals surface area contributed by atoms with Crippen molar-refractivity contribution in [2.75, 3.05) is 18.2 Å². The molecule has 0 saturated carbocycles. The molecule has 1 rings (SSSR count). The molecule has 1 N–H and O–H groups in total. The zero-order valence-electron chi connectivity index (χ0n) is 13.8. The first kappa shape index (κ1) is 20.9. The summed E-state index contributed by atoms with van der Waals surface area (Å²) in [4.78, 5) is 11.5. The van der Waals surface area contributed by atoms with Crippen LogP contribution < -0.4 is 0 Å². The summed E-state index contributed by atoms with van der Waals surface area (Å²) < 4.78 is 33.9. The Bertz CT molecular complexity index is 615. The molecule has 0 radical (unpaired) electrons. The van der Waals surface area contributed by atoms with Gasteiger partial charge in [-0.2, -0.15) is 8.42 Å². The van der Waals surface area contributed by atoms with Crippen LogP contribution in [-0.2, 0) is 30.4 Å². The van der Waals surface area contributed by atoms with Crippen LogP contribution >= 0.6 is 11.6 Å². The van der Waals surface area contributed by atoms with Crippen molar-refractivity contribution in [2.24, 2.45) is 5.41 Å². The molecule has 0 aromatic heterocycles. The average molecular weight is 379 g/mol. The molecule has 0 aliphatic carbocycles. The van der Waals surface area contributed by atoms with E-state index < -0.39 is 27.6 Å². The zero-order chi connectivity index (χ0) is 18.2. The Morgan fingerprint density at radius 2 is 1.92 bits per heavy atom. The molecule has 0 aliphatic rings. The van der Waals surface area contributed by atoms with Gasteiger partial charge < -0.3 is 9.84 Å². The number of benzene rings is 1. The number of hydrogen-bond acceptors (Lipinski definition) is 5. The van der Waals surface area contributed by atoms with Gasteiger partial charge in [0.15, 0.2) is 6.10 Å². The fourth-order valence-corrected chi connectivity index (χ4v) is 3.38. The fraction of sp³-hybridized carbons (Fsp3) is 0.562. The Morgan fingerprint density at radius 3 is 2.46 bits per heavy atom. The lowest BCUT2D eigenvalue weighted by Crippen LogP contribution is -2.42. The van der Waals surface area contributed by atoms with E-state index in [1.165, 1.54) is 0 Å². The average Bonchev–Trinajstić information content (AvgIpc) is 2.52. The second-order valence-corrected chi connectivity index (χ2v) is 8.21. The van der Waals surface area contributed by atoms with Gasteiger partial charge >= 0.3 is 5.97 Å². The largest absolute Gasteiger partial charge is 0.479 e. The SMILES string of the molecule is CC(C)(COS(=O)(=O)CCCCl)C(OCc1ccccc1)C(=O)O. The summed E-state index contributed by atoms with van der Waals surface area (Å²) in [6.07, 6.45) is -0.932. The Morgan fingerprint density at radius 1 is 1.29 bits per heavy atom. The standard InChI is InChI=1S/C16H23ClO6S/c1-16(2,12-23-24(20,21)10-6-9-17)14(15(18)19)22-11-13-7-4-3-5-8-13/h3-5,7-8,14H,6,9-12H2,1-2H3,(H,18,19). The minimum Gasteiger partial charge on any atom is -0.479 e. The summed E-state index contributed by atoms with van der Waals surface area (Å²) in [6, 6.07) is 9.14. The van der Waals surface area contributed by atoms with Crippen LogP contribution in [0.2, 0.25) is 0 Å². The first-order valence-corrected chi connectivity index (χ1v) is 9.60. The molecule has 0 heterocycles. The quantitative estimate of drug-likeness (QED) is 0.470. The lowest BCUT2D eigenvalue weighted by Gasteiger charge is -2.30. The van der Waals surface area contributed by atoms with Crippen LogP contribution in [-0.4, -0.2) is 43.8 Å². The predicted octanol–water partition coefficient (Wildman–Crippen LogP) is 2.66. The molecule has 6 nitrogen and oxygen atoms in total. The first-order valence-electron chi connectivity index (χ1n) is 7.49. The predicted molar refractivity (Wildman–Crippen MR) is 91.5 cm³/mol. The number of carbonyl (C=O) groups is 1. The van der Waals surface area contributed by atoms with Gasteiger partial charge in [-0.15, -0.1) is 11.6 Å². The maximum Gasteiger partial charge on any atom is 0.333 e. The first-order chi connectivity index (χ1) is 11.2. The van der Waals surface area contributed by atoms with Crippen LogP contribution in [0.4, 0.5) is 0 Å². The third kappa shape index (κ3) is 7.17. The number of halogens is 1. The second kappa shape index (κ2) is 9.36. The maximum atomic E-state index is 11.7. The van der Waals surface area contributed by atoms with E-state index in [4.69, 9.17) is 20.5 Å². The lowest BCUT2D eigenvalue weighted by atomic mass is 9.87. The van der Waals surface area contributed by atoms with E-state index in [2.05, 4.69) is 0 Å². The van der Waals surface area contributed by atoms with Crippen molar-refractivity contribution >= 4 is 27.7 Å². The number of carboxylic acid groups (broad SMARTS) is 1. The molecular formula is C16H23ClO6S. The van der Waals surface area contributed by atoms with Crippen LogP contribution in [0.1, 0.15) is 25.8 Å². The van der Waals surface area contributed by atoms with Gasteiger partial charge in [0, 0.05) is 11.3 Å². The maximum absolute atomic E-state index is 11.7. The van der Waals surface area contributed by atoms with Crippen molar-refractivity contribution in [1.82, 2.24) is 0 Å². The van der Waals surface area contributed by atoms with Gasteiger partial charge in [-0.25, -0.2) is 4.79 Å². The molecule has 0 saturated heterocycles. The molecule has 24 heavy (non-hydrogen) atoms. The zero-order valence-corrected chi connectivity index (χ0v) is 15.3. The highest BCUT2D eigenvalue weighted by molar-refractivity contribution is 7.86. The topological polar surface area (TPSA) is 89.9 Å². The monoisotopic (exact) mass is 378 g/mol. The van der Waals surface area contributed by atoms with Crippen LogP contribution in [0, 0.1) is 5.41 Å². The van der Waals surface area contributed by atoms with Gasteiger partial charge in [0.25, 0.3) is 10.1 Å². The normalized spacial score (nSPS) is 13.6. The number of aliphatic carboxylic acids is 1. The van der Waals surface area contributed by atoms with Crippen LogP contribution in [0.3, 0.4) is 0 Å². The third-order valence-corrected chi connectivity index (χ3v) is 4.86. The third-order valence-electron chi connectivity index (χ3n) is 3.33. The highest BCUT2D eigenvalue weighted by atomic mass is 35.5. The molecule has 1 aromatic rings. The number of carboxylic acids is 1. The minimum absolute atomic E-state index is 0.111. The molecule has 1 aromatic carbocycles. The van der Waals surface area contributed by atoms with Crippen LogP contribution in [0.25, 0.3) is 0 Å². The van der Waals surface area contributed by atoms with E-state index in [0.29, 0.717) is 0 Å². The van der Waals surface area contributed by atoms with Crippen molar-refractivity contribution in [3.63, 3.8) is 0 Å². The molecule has 1 atom stereocenters. The van der Waals surface area contributed by atoms with E-state index in [1.54, 1.807) is 13.8 Å². The number of ether oxygens (including phenoxy) is 1. The van der Waals surface area contributed by atoms with Crippen LogP contribution in [0.5, 0.6) is 0 Å². The second-order valence-electron chi connectivity index (χ2n) is 6.07. The molecule has 136 valence electrons. The van der Waals surface area contributed by atoms with Gasteiger partial charge in [-0.05, 0) is 12.0 Å². The van der Waals surface area contributed by atoms with Gasteiger partial charge in [0.05, 0.1) is 19.0 Å². The van der Waals surface area contributed by atoms with E-state index >= 15 is 0 Å². The molecule has 0 spiro atoms. The smallest absolute Gasteiger partial charge is 0.333 e. The van der Waals surface area contributed by atoms with Crippen molar-refractivity contribution in [1.29, 1.82) is 0 Å². The molecule has 1 unspecified atom stereocenters. The summed E-state index contributed by atoms with van der Waals surface area (Å²) in [5.74, 6) is -1.16. The summed E-state index contributed by atoms with van der Waals surface area (Å²) in [5.41, 5.74) is -0.204. The molecule has 0 aliphatic heterocycles. The van der Waals surface area contributed by atoms with Crippen molar-refractivity contribution < 1.29 is 27.2 Å². The van der Waals surface area contributed by atoms with E-state index in [9.17, 15) is 18.3 Å². The Hall–Kier alpha value is -1.15.